The number of alkyl halides is 3. The Bertz CT molecular complexity index is 827. The van der Waals surface area contributed by atoms with E-state index in [1.54, 1.807) is 4.52 Å². The molecule has 0 atom stereocenters. The second-order valence-electron chi connectivity index (χ2n) is 7.21. The maximum absolute atomic E-state index is 12.6. The van der Waals surface area contributed by atoms with Crippen molar-refractivity contribution in [3.8, 4) is 0 Å². The molecule has 4 rings (SSSR count). The number of fused-ring (bicyclic) bond motifs is 1. The molecule has 142 valence electrons. The highest BCUT2D eigenvalue weighted by Gasteiger charge is 2.55. The summed E-state index contributed by atoms with van der Waals surface area (Å²) >= 11 is 6.86. The van der Waals surface area contributed by atoms with Crippen molar-refractivity contribution in [1.82, 2.24) is 18.9 Å². The number of rotatable bonds is 4. The fourth-order valence-electron chi connectivity index (χ4n) is 4.13. The minimum absolute atomic E-state index is 0.0521. The van der Waals surface area contributed by atoms with Crippen molar-refractivity contribution in [2.45, 2.75) is 32.0 Å². The third-order valence-electron chi connectivity index (χ3n) is 5.25. The van der Waals surface area contributed by atoms with E-state index in [1.165, 1.54) is 10.6 Å². The number of hydrogen-bond acceptors (Lipinski definition) is 6. The molecule has 1 aliphatic heterocycles. The smallest absolute Gasteiger partial charge is 0.354 e. The normalized spacial score (nSPS) is 20.0. The lowest BCUT2D eigenvalue weighted by atomic mass is 9.60. The predicted molar refractivity (Wildman–Crippen MR) is 94.9 cm³/mol. The highest BCUT2D eigenvalue weighted by molar-refractivity contribution is 7.94. The van der Waals surface area contributed by atoms with Gasteiger partial charge in [-0.25, -0.2) is 13.8 Å². The van der Waals surface area contributed by atoms with Gasteiger partial charge in [0, 0.05) is 36.7 Å². The zero-order valence-corrected chi connectivity index (χ0v) is 15.6. The van der Waals surface area contributed by atoms with Crippen LogP contribution in [0.15, 0.2) is 12.4 Å². The van der Waals surface area contributed by atoms with Crippen LogP contribution in [0.3, 0.4) is 0 Å². The van der Waals surface area contributed by atoms with Crippen LogP contribution < -0.4 is 10.0 Å². The van der Waals surface area contributed by atoms with Crippen LogP contribution in [0.2, 0.25) is 5.15 Å². The Morgan fingerprint density at radius 3 is 2.73 bits per heavy atom. The molecule has 1 aliphatic carbocycles. The third kappa shape index (κ3) is 3.02. The Hall–Kier alpha value is -1.23. The van der Waals surface area contributed by atoms with Crippen molar-refractivity contribution in [2.75, 3.05) is 24.5 Å². The van der Waals surface area contributed by atoms with Gasteiger partial charge in [-0.15, -0.1) is 0 Å². The highest BCUT2D eigenvalue weighted by Crippen LogP contribution is 2.52. The number of aryl methyl sites for hydroxylation is 1. The van der Waals surface area contributed by atoms with E-state index in [-0.39, 0.29) is 11.5 Å². The molecule has 2 aromatic heterocycles. The van der Waals surface area contributed by atoms with Crippen molar-refractivity contribution in [3.63, 3.8) is 0 Å². The van der Waals surface area contributed by atoms with Gasteiger partial charge in [0.1, 0.15) is 23.5 Å². The maximum Gasteiger partial charge on any atom is 0.402 e. The van der Waals surface area contributed by atoms with E-state index in [2.05, 4.69) is 15.0 Å². The molecule has 11 heteroatoms. The first-order valence-corrected chi connectivity index (χ1v) is 9.37. The zero-order valence-electron chi connectivity index (χ0n) is 14.0. The van der Waals surface area contributed by atoms with Gasteiger partial charge in [-0.2, -0.15) is 18.3 Å². The standard InChI is InChI=1S/C15H18ClF3N6S/c1-9-2-11(16)25-12(9)13(21-8-22-25)23-5-14(6-23)3-10(4-14)24(26-20)7-15(17,18)19/h2,8,10H,3-7,20H2,1H3. The topological polar surface area (TPSA) is 62.7 Å². The van der Waals surface area contributed by atoms with E-state index >= 15 is 0 Å². The summed E-state index contributed by atoms with van der Waals surface area (Å²) in [6, 6.07) is 1.71. The Kier molecular flexibility index (Phi) is 4.29. The third-order valence-corrected chi connectivity index (χ3v) is 6.22. The second kappa shape index (κ2) is 6.15. The summed E-state index contributed by atoms with van der Waals surface area (Å²) in [5.74, 6) is 0.818. The van der Waals surface area contributed by atoms with Crippen LogP contribution in [0.1, 0.15) is 18.4 Å². The molecule has 0 bridgehead atoms. The number of aromatic nitrogens is 3. The molecule has 1 saturated carbocycles. The van der Waals surface area contributed by atoms with Gasteiger partial charge < -0.3 is 4.90 Å². The molecule has 2 aliphatic rings. The Morgan fingerprint density at radius 2 is 2.12 bits per heavy atom. The van der Waals surface area contributed by atoms with Gasteiger partial charge in [-0.3, -0.25) is 5.14 Å². The van der Waals surface area contributed by atoms with Gasteiger partial charge >= 0.3 is 6.18 Å². The van der Waals surface area contributed by atoms with Crippen LogP contribution in [0.4, 0.5) is 19.0 Å². The lowest BCUT2D eigenvalue weighted by molar-refractivity contribution is -0.145. The largest absolute Gasteiger partial charge is 0.402 e. The van der Waals surface area contributed by atoms with Gasteiger partial charge in [-0.1, -0.05) is 11.6 Å². The van der Waals surface area contributed by atoms with Gasteiger partial charge in [0.15, 0.2) is 5.82 Å². The van der Waals surface area contributed by atoms with E-state index in [4.69, 9.17) is 16.7 Å². The number of anilines is 1. The van der Waals surface area contributed by atoms with Gasteiger partial charge in [-0.05, 0) is 31.4 Å². The SMILES string of the molecule is Cc1cc(Cl)n2ncnc(N3CC4(CC(N(CC(F)(F)F)SN)C4)C3)c12. The maximum atomic E-state index is 12.6. The molecule has 2 aromatic rings. The van der Waals surface area contributed by atoms with Gasteiger partial charge in [0.25, 0.3) is 0 Å². The van der Waals surface area contributed by atoms with Crippen LogP contribution in [0.25, 0.3) is 5.52 Å². The van der Waals surface area contributed by atoms with Crippen molar-refractivity contribution >= 4 is 35.1 Å². The minimum atomic E-state index is -4.24. The summed E-state index contributed by atoms with van der Waals surface area (Å²) in [6.07, 6.45) is -1.34. The molecular formula is C15H18ClF3N6S. The van der Waals surface area contributed by atoms with Crippen molar-refractivity contribution in [1.29, 1.82) is 0 Å². The average Bonchev–Trinajstić information content (AvgIpc) is 2.77. The fraction of sp³-hybridized carbons (Fsp3) is 0.600. The quantitative estimate of drug-likeness (QED) is 0.787. The first kappa shape index (κ1) is 18.1. The van der Waals surface area contributed by atoms with Crippen LogP contribution in [0.5, 0.6) is 0 Å². The summed E-state index contributed by atoms with van der Waals surface area (Å²) in [4.78, 5) is 6.54. The minimum Gasteiger partial charge on any atom is -0.354 e. The summed E-state index contributed by atoms with van der Waals surface area (Å²) in [5, 5.41) is 10.1. The second-order valence-corrected chi connectivity index (χ2v) is 8.28. The molecule has 0 amide bonds. The fourth-order valence-corrected chi connectivity index (χ4v) is 4.97. The van der Waals surface area contributed by atoms with E-state index in [9.17, 15) is 13.2 Å². The number of hydrogen-bond donors (Lipinski definition) is 1. The molecule has 0 radical (unpaired) electrons. The van der Waals surface area contributed by atoms with Crippen LogP contribution in [-0.2, 0) is 0 Å². The summed E-state index contributed by atoms with van der Waals surface area (Å²) in [7, 11) is 0. The molecule has 2 fully saturated rings. The van der Waals surface area contributed by atoms with Gasteiger partial charge in [0.2, 0.25) is 0 Å². The van der Waals surface area contributed by atoms with Crippen molar-refractivity contribution in [3.05, 3.63) is 23.1 Å². The summed E-state index contributed by atoms with van der Waals surface area (Å²) in [5.41, 5.74) is 1.92. The number of halogens is 4. The summed E-state index contributed by atoms with van der Waals surface area (Å²) < 4.78 is 40.8. The zero-order chi connectivity index (χ0) is 18.7. The average molecular weight is 407 g/mol. The van der Waals surface area contributed by atoms with E-state index in [0.717, 1.165) is 30.0 Å². The first-order chi connectivity index (χ1) is 12.2. The lowest BCUT2D eigenvalue weighted by Crippen LogP contribution is -2.66. The van der Waals surface area contributed by atoms with Crippen molar-refractivity contribution < 1.29 is 13.2 Å². The molecule has 0 unspecified atom stereocenters. The lowest BCUT2D eigenvalue weighted by Gasteiger charge is -2.61. The molecule has 6 nitrogen and oxygen atoms in total. The highest BCUT2D eigenvalue weighted by atomic mass is 35.5. The molecule has 1 spiro atoms. The molecule has 2 N–H and O–H groups in total. The van der Waals surface area contributed by atoms with E-state index in [0.29, 0.717) is 30.1 Å². The van der Waals surface area contributed by atoms with E-state index < -0.39 is 12.7 Å². The Balaban J connectivity index is 1.43. The van der Waals surface area contributed by atoms with Crippen LogP contribution in [0, 0.1) is 12.3 Å². The molecule has 3 heterocycles. The Labute approximate surface area is 157 Å². The Morgan fingerprint density at radius 1 is 1.42 bits per heavy atom. The summed E-state index contributed by atoms with van der Waals surface area (Å²) in [6.45, 7) is 2.52. The molecule has 26 heavy (non-hydrogen) atoms. The van der Waals surface area contributed by atoms with Crippen LogP contribution in [-0.4, -0.2) is 50.8 Å². The molecular weight excluding hydrogens is 389 g/mol. The van der Waals surface area contributed by atoms with Crippen molar-refractivity contribution in [2.24, 2.45) is 10.6 Å². The number of nitrogens with zero attached hydrogens (tertiary/aromatic N) is 5. The predicted octanol–water partition coefficient (Wildman–Crippen LogP) is 3.05. The van der Waals surface area contributed by atoms with Crippen LogP contribution >= 0.6 is 23.7 Å². The monoisotopic (exact) mass is 406 g/mol. The van der Waals surface area contributed by atoms with Gasteiger partial charge in [0.05, 0.1) is 0 Å². The first-order valence-electron chi connectivity index (χ1n) is 8.15. The number of nitrogens with two attached hydrogens (primary N) is 1. The van der Waals surface area contributed by atoms with E-state index in [1.807, 2.05) is 13.0 Å². The molecule has 0 aromatic carbocycles. The molecule has 1 saturated heterocycles.